The normalized spacial score (nSPS) is 21.4. The van der Waals surface area contributed by atoms with E-state index in [2.05, 4.69) is 19.2 Å². The summed E-state index contributed by atoms with van der Waals surface area (Å²) in [5, 5.41) is 3.83. The monoisotopic (exact) mass is 301 g/mol. The van der Waals surface area contributed by atoms with Gasteiger partial charge in [-0.05, 0) is 36.4 Å². The third-order valence-corrected chi connectivity index (χ3v) is 5.42. The van der Waals surface area contributed by atoms with Crippen molar-refractivity contribution in [3.63, 3.8) is 0 Å². The topological polar surface area (TPSA) is 46.2 Å². The minimum atomic E-state index is -3.24. The number of hydrogen-bond acceptors (Lipinski definition) is 3. The van der Waals surface area contributed by atoms with E-state index in [4.69, 9.17) is 11.6 Å². The summed E-state index contributed by atoms with van der Waals surface area (Å²) < 4.78 is 23.5. The standard InChI is InChI=1S/C14H20ClNO2S/c1-14(2)7-10(14)8-16-9-11-12(15)5-4-6-13(11)19(3,17)18/h4-6,10,16H,7-9H2,1-3H3. The highest BCUT2D eigenvalue weighted by Gasteiger charge is 2.44. The van der Waals surface area contributed by atoms with Crippen LogP contribution in [0.15, 0.2) is 23.1 Å². The Bertz CT molecular complexity index is 581. The first-order chi connectivity index (χ1) is 8.72. The van der Waals surface area contributed by atoms with Crippen LogP contribution in [0.4, 0.5) is 0 Å². The van der Waals surface area contributed by atoms with Gasteiger partial charge in [-0.15, -0.1) is 0 Å². The van der Waals surface area contributed by atoms with E-state index in [-0.39, 0.29) is 0 Å². The predicted molar refractivity (Wildman–Crippen MR) is 78.2 cm³/mol. The lowest BCUT2D eigenvalue weighted by Gasteiger charge is -2.11. The van der Waals surface area contributed by atoms with Gasteiger partial charge in [0, 0.05) is 23.4 Å². The van der Waals surface area contributed by atoms with Crippen LogP contribution < -0.4 is 5.32 Å². The highest BCUT2D eigenvalue weighted by atomic mass is 35.5. The van der Waals surface area contributed by atoms with E-state index in [1.54, 1.807) is 18.2 Å². The van der Waals surface area contributed by atoms with Crippen molar-refractivity contribution in [1.82, 2.24) is 5.32 Å². The van der Waals surface area contributed by atoms with Crippen LogP contribution in [-0.4, -0.2) is 21.2 Å². The predicted octanol–water partition coefficient (Wildman–Crippen LogP) is 2.88. The number of hydrogen-bond donors (Lipinski definition) is 1. The van der Waals surface area contributed by atoms with E-state index >= 15 is 0 Å². The summed E-state index contributed by atoms with van der Waals surface area (Å²) in [4.78, 5) is 0.322. The average Bonchev–Trinajstić information content (AvgIpc) is 2.87. The summed E-state index contributed by atoms with van der Waals surface area (Å²) in [6.07, 6.45) is 2.44. The van der Waals surface area contributed by atoms with Crippen molar-refractivity contribution in [2.75, 3.05) is 12.8 Å². The van der Waals surface area contributed by atoms with Crippen molar-refractivity contribution >= 4 is 21.4 Å². The molecule has 0 aromatic heterocycles. The third kappa shape index (κ3) is 3.50. The molecule has 1 aromatic rings. The fraction of sp³-hybridized carbons (Fsp3) is 0.571. The fourth-order valence-electron chi connectivity index (χ4n) is 2.35. The first-order valence-electron chi connectivity index (χ1n) is 6.40. The lowest BCUT2D eigenvalue weighted by Crippen LogP contribution is -2.20. The zero-order valence-electron chi connectivity index (χ0n) is 11.5. The second-order valence-corrected chi connectivity index (χ2v) is 8.40. The van der Waals surface area contributed by atoms with E-state index in [0.29, 0.717) is 33.4 Å². The van der Waals surface area contributed by atoms with Crippen LogP contribution in [0.25, 0.3) is 0 Å². The second-order valence-electron chi connectivity index (χ2n) is 6.01. The molecule has 1 aliphatic carbocycles. The molecule has 106 valence electrons. The van der Waals surface area contributed by atoms with Crippen LogP contribution in [0.5, 0.6) is 0 Å². The van der Waals surface area contributed by atoms with E-state index in [9.17, 15) is 8.42 Å². The van der Waals surface area contributed by atoms with Crippen molar-refractivity contribution in [3.8, 4) is 0 Å². The Kier molecular flexibility index (Phi) is 3.96. The van der Waals surface area contributed by atoms with Crippen LogP contribution >= 0.6 is 11.6 Å². The molecule has 1 N–H and O–H groups in total. The molecule has 0 amide bonds. The van der Waals surface area contributed by atoms with E-state index in [1.165, 1.54) is 12.7 Å². The molecule has 1 saturated carbocycles. The fourth-order valence-corrected chi connectivity index (χ4v) is 3.61. The Morgan fingerprint density at radius 3 is 2.58 bits per heavy atom. The molecule has 1 aliphatic rings. The summed E-state index contributed by atoms with van der Waals surface area (Å²) in [7, 11) is -3.24. The summed E-state index contributed by atoms with van der Waals surface area (Å²) >= 11 is 6.12. The van der Waals surface area contributed by atoms with Gasteiger partial charge in [-0.25, -0.2) is 8.42 Å². The van der Waals surface area contributed by atoms with Crippen molar-refractivity contribution in [2.45, 2.75) is 31.7 Å². The van der Waals surface area contributed by atoms with Gasteiger partial charge < -0.3 is 5.32 Å². The van der Waals surface area contributed by atoms with Gasteiger partial charge in [0.15, 0.2) is 9.84 Å². The molecule has 19 heavy (non-hydrogen) atoms. The molecule has 1 atom stereocenters. The first-order valence-corrected chi connectivity index (χ1v) is 8.67. The lowest BCUT2D eigenvalue weighted by molar-refractivity contribution is 0.518. The molecule has 1 unspecified atom stereocenters. The van der Waals surface area contributed by atoms with E-state index in [0.717, 1.165) is 6.54 Å². The van der Waals surface area contributed by atoms with Crippen LogP contribution in [-0.2, 0) is 16.4 Å². The molecular formula is C14H20ClNO2S. The Balaban J connectivity index is 2.07. The molecule has 2 rings (SSSR count). The van der Waals surface area contributed by atoms with E-state index < -0.39 is 9.84 Å². The maximum atomic E-state index is 11.7. The number of nitrogens with one attached hydrogen (secondary N) is 1. The van der Waals surface area contributed by atoms with Gasteiger partial charge in [-0.1, -0.05) is 31.5 Å². The summed E-state index contributed by atoms with van der Waals surface area (Å²) in [5.74, 6) is 0.677. The lowest BCUT2D eigenvalue weighted by atomic mass is 10.1. The minimum Gasteiger partial charge on any atom is -0.312 e. The third-order valence-electron chi connectivity index (χ3n) is 3.89. The van der Waals surface area contributed by atoms with Crippen LogP contribution in [0.1, 0.15) is 25.8 Å². The van der Waals surface area contributed by atoms with Gasteiger partial charge in [0.05, 0.1) is 4.90 Å². The second kappa shape index (κ2) is 5.08. The molecule has 1 aromatic carbocycles. The van der Waals surface area contributed by atoms with Gasteiger partial charge in [-0.2, -0.15) is 0 Å². The average molecular weight is 302 g/mol. The number of halogens is 1. The quantitative estimate of drug-likeness (QED) is 0.909. The van der Waals surface area contributed by atoms with Gasteiger partial charge in [-0.3, -0.25) is 0 Å². The Morgan fingerprint density at radius 1 is 1.42 bits per heavy atom. The molecule has 0 aliphatic heterocycles. The SMILES string of the molecule is CC1(C)CC1CNCc1c(Cl)cccc1S(C)(=O)=O. The van der Waals surface area contributed by atoms with Crippen molar-refractivity contribution in [2.24, 2.45) is 11.3 Å². The molecule has 0 heterocycles. The maximum absolute atomic E-state index is 11.7. The molecule has 0 radical (unpaired) electrons. The zero-order valence-corrected chi connectivity index (χ0v) is 13.1. The molecule has 3 nitrogen and oxygen atoms in total. The van der Waals surface area contributed by atoms with Crippen LogP contribution in [0, 0.1) is 11.3 Å². The van der Waals surface area contributed by atoms with Gasteiger partial charge in [0.1, 0.15) is 0 Å². The molecule has 0 bridgehead atoms. The van der Waals surface area contributed by atoms with Crippen molar-refractivity contribution < 1.29 is 8.42 Å². The van der Waals surface area contributed by atoms with Crippen LogP contribution in [0.2, 0.25) is 5.02 Å². The molecule has 0 spiro atoms. The van der Waals surface area contributed by atoms with E-state index in [1.807, 2.05) is 0 Å². The smallest absolute Gasteiger partial charge is 0.175 e. The largest absolute Gasteiger partial charge is 0.312 e. The minimum absolute atomic E-state index is 0.322. The summed E-state index contributed by atoms with van der Waals surface area (Å²) in [6, 6.07) is 5.01. The number of rotatable bonds is 5. The Morgan fingerprint density at radius 2 is 2.05 bits per heavy atom. The Labute approximate surface area is 120 Å². The summed E-state index contributed by atoms with van der Waals surface area (Å²) in [6.45, 7) is 5.89. The van der Waals surface area contributed by atoms with Crippen molar-refractivity contribution in [3.05, 3.63) is 28.8 Å². The first kappa shape index (κ1) is 14.8. The zero-order chi connectivity index (χ0) is 14.3. The highest BCUT2D eigenvalue weighted by molar-refractivity contribution is 7.90. The molecule has 1 fully saturated rings. The highest BCUT2D eigenvalue weighted by Crippen LogP contribution is 2.51. The maximum Gasteiger partial charge on any atom is 0.175 e. The molecule has 5 heteroatoms. The number of sulfone groups is 1. The Hall–Kier alpha value is -0.580. The van der Waals surface area contributed by atoms with Gasteiger partial charge in [0.2, 0.25) is 0 Å². The summed E-state index contributed by atoms with van der Waals surface area (Å²) in [5.41, 5.74) is 1.10. The van der Waals surface area contributed by atoms with Crippen LogP contribution in [0.3, 0.4) is 0 Å². The molecular weight excluding hydrogens is 282 g/mol. The molecule has 0 saturated heterocycles. The van der Waals surface area contributed by atoms with Gasteiger partial charge >= 0.3 is 0 Å². The van der Waals surface area contributed by atoms with Gasteiger partial charge in [0.25, 0.3) is 0 Å². The number of benzene rings is 1. The van der Waals surface area contributed by atoms with Crippen molar-refractivity contribution in [1.29, 1.82) is 0 Å².